The Bertz CT molecular complexity index is 782. The summed E-state index contributed by atoms with van der Waals surface area (Å²) in [6.45, 7) is 5.67. The predicted octanol–water partition coefficient (Wildman–Crippen LogP) is 1.31. The number of aromatic nitrogens is 4. The van der Waals surface area contributed by atoms with Crippen LogP contribution in [0.25, 0.3) is 0 Å². The summed E-state index contributed by atoms with van der Waals surface area (Å²) in [5, 5.41) is 11.6. The minimum atomic E-state index is -0.253. The molecule has 2 aromatic heterocycles. The average molecular weight is 384 g/mol. The molecule has 0 spiro atoms. The van der Waals surface area contributed by atoms with Gasteiger partial charge in [-0.15, -0.1) is 10.2 Å². The monoisotopic (exact) mass is 383 g/mol. The number of nitrogens with zero attached hydrogens (tertiary/aromatic N) is 5. The van der Waals surface area contributed by atoms with E-state index in [1.54, 1.807) is 21.0 Å². The van der Waals surface area contributed by atoms with Crippen LogP contribution >= 0.6 is 23.1 Å². The second-order valence-electron chi connectivity index (χ2n) is 5.84. The van der Waals surface area contributed by atoms with Crippen molar-refractivity contribution < 1.29 is 9.59 Å². The van der Waals surface area contributed by atoms with E-state index in [0.29, 0.717) is 26.7 Å². The van der Waals surface area contributed by atoms with Gasteiger partial charge < -0.3 is 16.1 Å². The van der Waals surface area contributed by atoms with Crippen molar-refractivity contribution in [1.82, 2.24) is 24.8 Å². The van der Waals surface area contributed by atoms with E-state index < -0.39 is 0 Å². The molecule has 3 N–H and O–H groups in total. The summed E-state index contributed by atoms with van der Waals surface area (Å²) < 4.78 is 1.39. The maximum atomic E-state index is 12.1. The molecule has 0 radical (unpaired) electrons. The third-order valence-electron chi connectivity index (χ3n) is 3.18. The molecule has 2 aromatic rings. The van der Waals surface area contributed by atoms with Gasteiger partial charge >= 0.3 is 0 Å². The van der Waals surface area contributed by atoms with E-state index in [1.807, 2.05) is 13.8 Å². The van der Waals surface area contributed by atoms with Crippen molar-refractivity contribution in [1.29, 1.82) is 0 Å². The minimum absolute atomic E-state index is 0.114. The maximum absolute atomic E-state index is 12.1. The molecule has 11 heteroatoms. The Hall–Kier alpha value is -2.14. The Morgan fingerprint density at radius 1 is 1.36 bits per heavy atom. The Morgan fingerprint density at radius 2 is 2.04 bits per heavy atom. The van der Waals surface area contributed by atoms with Gasteiger partial charge in [0.25, 0.3) is 5.91 Å². The summed E-state index contributed by atoms with van der Waals surface area (Å²) in [6, 6.07) is 0. The number of nitrogen functional groups attached to an aromatic ring is 1. The Labute approximate surface area is 154 Å². The number of anilines is 1. The largest absolute Gasteiger partial charge is 0.344 e. The Balaban J connectivity index is 1.97. The normalized spacial score (nSPS) is 11.0. The number of carbonyl (C=O) groups is 2. The van der Waals surface area contributed by atoms with Crippen molar-refractivity contribution in [3.63, 3.8) is 0 Å². The van der Waals surface area contributed by atoms with Crippen molar-refractivity contribution in [2.75, 3.05) is 31.0 Å². The van der Waals surface area contributed by atoms with E-state index in [0.717, 1.165) is 11.3 Å². The van der Waals surface area contributed by atoms with Gasteiger partial charge in [-0.05, 0) is 6.92 Å². The molecule has 0 aliphatic carbocycles. The summed E-state index contributed by atoms with van der Waals surface area (Å²) in [6.07, 6.45) is 0. The number of thiazole rings is 1. The van der Waals surface area contributed by atoms with Crippen LogP contribution in [-0.4, -0.2) is 56.4 Å². The fourth-order valence-corrected chi connectivity index (χ4v) is 3.58. The van der Waals surface area contributed by atoms with Crippen molar-refractivity contribution in [3.05, 3.63) is 16.4 Å². The molecular weight excluding hydrogens is 362 g/mol. The van der Waals surface area contributed by atoms with E-state index in [2.05, 4.69) is 20.5 Å². The fourth-order valence-electron chi connectivity index (χ4n) is 1.92. The van der Waals surface area contributed by atoms with Gasteiger partial charge in [0.1, 0.15) is 4.88 Å². The average Bonchev–Trinajstić information content (AvgIpc) is 3.07. The van der Waals surface area contributed by atoms with Crippen molar-refractivity contribution in [3.8, 4) is 0 Å². The van der Waals surface area contributed by atoms with Crippen LogP contribution < -0.4 is 11.2 Å². The lowest BCUT2D eigenvalue weighted by Crippen LogP contribution is -2.21. The van der Waals surface area contributed by atoms with Gasteiger partial charge in [0.05, 0.1) is 11.4 Å². The molecule has 0 aliphatic heterocycles. The van der Waals surface area contributed by atoms with Crippen molar-refractivity contribution in [2.24, 2.45) is 0 Å². The quantitative estimate of drug-likeness (QED) is 0.570. The van der Waals surface area contributed by atoms with Crippen LogP contribution in [0.3, 0.4) is 0 Å². The first-order chi connectivity index (χ1) is 11.7. The minimum Gasteiger partial charge on any atom is -0.344 e. The summed E-state index contributed by atoms with van der Waals surface area (Å²) in [7, 11) is 3.34. The molecule has 2 rings (SSSR count). The van der Waals surface area contributed by atoms with Crippen molar-refractivity contribution >= 4 is 40.0 Å². The molecule has 2 heterocycles. The number of amides is 2. The smallest absolute Gasteiger partial charge is 0.265 e. The van der Waals surface area contributed by atoms with Crippen molar-refractivity contribution in [2.45, 2.75) is 31.8 Å². The van der Waals surface area contributed by atoms with Gasteiger partial charge in [-0.1, -0.05) is 36.9 Å². The molecular formula is C14H21N7O2S2. The van der Waals surface area contributed by atoms with Gasteiger partial charge in [-0.2, -0.15) is 0 Å². The molecule has 0 bridgehead atoms. The molecule has 0 fully saturated rings. The van der Waals surface area contributed by atoms with E-state index in [-0.39, 0.29) is 23.5 Å². The molecule has 0 unspecified atom stereocenters. The SMILES string of the molecule is Cc1nc(NC(=O)CSc2nnc(C(C)C)n2N)sc1C(=O)N(C)C. The zero-order valence-electron chi connectivity index (χ0n) is 14.7. The van der Waals surface area contributed by atoms with E-state index in [4.69, 9.17) is 5.84 Å². The lowest BCUT2D eigenvalue weighted by atomic mass is 10.2. The van der Waals surface area contributed by atoms with E-state index >= 15 is 0 Å². The highest BCUT2D eigenvalue weighted by Crippen LogP contribution is 2.24. The van der Waals surface area contributed by atoms with Gasteiger partial charge in [0.2, 0.25) is 11.1 Å². The first-order valence-electron chi connectivity index (χ1n) is 7.52. The first kappa shape index (κ1) is 19.2. The number of carbonyl (C=O) groups excluding carboxylic acids is 2. The third kappa shape index (κ3) is 4.48. The second kappa shape index (κ2) is 7.83. The summed E-state index contributed by atoms with van der Waals surface area (Å²) >= 11 is 2.34. The Morgan fingerprint density at radius 3 is 2.60 bits per heavy atom. The molecule has 0 saturated carbocycles. The highest BCUT2D eigenvalue weighted by Gasteiger charge is 2.19. The number of nitrogens with two attached hydrogens (primary N) is 1. The highest BCUT2D eigenvalue weighted by molar-refractivity contribution is 7.99. The van der Waals surface area contributed by atoms with Gasteiger partial charge in [-0.3, -0.25) is 9.59 Å². The van der Waals surface area contributed by atoms with Gasteiger partial charge in [-0.25, -0.2) is 9.66 Å². The summed E-state index contributed by atoms with van der Waals surface area (Å²) in [5.74, 6) is 6.44. The molecule has 2 amide bonds. The molecule has 0 saturated heterocycles. The number of aryl methyl sites for hydroxylation is 1. The number of hydrogen-bond donors (Lipinski definition) is 2. The van der Waals surface area contributed by atoms with Crippen LogP contribution in [0.15, 0.2) is 5.16 Å². The maximum Gasteiger partial charge on any atom is 0.265 e. The fraction of sp³-hybridized carbons (Fsp3) is 0.500. The van der Waals surface area contributed by atoms with E-state index in [1.165, 1.54) is 21.3 Å². The number of thioether (sulfide) groups is 1. The standard InChI is InChI=1S/C14H21N7O2S2/c1-7(2)11-18-19-14(21(11)15)24-6-9(22)17-13-16-8(3)10(25-13)12(23)20(4)5/h7H,6,15H2,1-5H3,(H,16,17,22). The molecule has 136 valence electrons. The second-order valence-corrected chi connectivity index (χ2v) is 7.78. The van der Waals surface area contributed by atoms with Crippen LogP contribution in [-0.2, 0) is 4.79 Å². The number of nitrogens with one attached hydrogen (secondary N) is 1. The number of hydrogen-bond acceptors (Lipinski definition) is 8. The van der Waals surface area contributed by atoms with Gasteiger partial charge in [0.15, 0.2) is 11.0 Å². The number of rotatable bonds is 6. The first-order valence-corrected chi connectivity index (χ1v) is 9.33. The molecule has 0 atom stereocenters. The highest BCUT2D eigenvalue weighted by atomic mass is 32.2. The van der Waals surface area contributed by atoms with Crippen LogP contribution in [0.4, 0.5) is 5.13 Å². The molecule has 0 aliphatic rings. The molecule has 0 aromatic carbocycles. The summed E-state index contributed by atoms with van der Waals surface area (Å²) in [5.41, 5.74) is 0.593. The third-order valence-corrected chi connectivity index (χ3v) is 5.19. The molecule has 9 nitrogen and oxygen atoms in total. The van der Waals surface area contributed by atoms with E-state index in [9.17, 15) is 9.59 Å². The van der Waals surface area contributed by atoms with Crippen LogP contribution in [0.5, 0.6) is 0 Å². The van der Waals surface area contributed by atoms with Gasteiger partial charge in [0, 0.05) is 20.0 Å². The zero-order valence-corrected chi connectivity index (χ0v) is 16.4. The lowest BCUT2D eigenvalue weighted by Gasteiger charge is -2.07. The summed E-state index contributed by atoms with van der Waals surface area (Å²) in [4.78, 5) is 30.3. The zero-order chi connectivity index (χ0) is 18.7. The molecule has 25 heavy (non-hydrogen) atoms. The van der Waals surface area contributed by atoms with Crippen LogP contribution in [0, 0.1) is 6.92 Å². The van der Waals surface area contributed by atoms with Crippen LogP contribution in [0.2, 0.25) is 0 Å². The topological polar surface area (TPSA) is 119 Å². The van der Waals surface area contributed by atoms with Crippen LogP contribution in [0.1, 0.15) is 41.0 Å². The predicted molar refractivity (Wildman–Crippen MR) is 98.5 cm³/mol. The lowest BCUT2D eigenvalue weighted by molar-refractivity contribution is -0.113. The Kier molecular flexibility index (Phi) is 6.01.